The van der Waals surface area contributed by atoms with Gasteiger partial charge in [0.05, 0.1) is 0 Å². The third-order valence-electron chi connectivity index (χ3n) is 3.35. The van der Waals surface area contributed by atoms with E-state index in [9.17, 15) is 4.79 Å². The maximum atomic E-state index is 11.7. The number of amides is 2. The molecular weight excluding hydrogens is 226 g/mol. The van der Waals surface area contributed by atoms with Crippen LogP contribution in [0, 0.1) is 0 Å². The maximum absolute atomic E-state index is 11.7. The molecule has 0 saturated carbocycles. The summed E-state index contributed by atoms with van der Waals surface area (Å²) in [5.41, 5.74) is 7.19. The first-order chi connectivity index (χ1) is 8.77. The van der Waals surface area contributed by atoms with Gasteiger partial charge in [0, 0.05) is 25.7 Å². The predicted octanol–water partition coefficient (Wildman–Crippen LogP) is 1.88. The van der Waals surface area contributed by atoms with Crippen LogP contribution in [0.1, 0.15) is 30.9 Å². The van der Waals surface area contributed by atoms with E-state index in [0.717, 1.165) is 37.9 Å². The summed E-state index contributed by atoms with van der Waals surface area (Å²) < 4.78 is 0. The molecule has 0 spiro atoms. The number of likely N-dealkylation sites (tertiary alicyclic amines) is 1. The van der Waals surface area contributed by atoms with E-state index in [1.165, 1.54) is 0 Å². The standard InChI is InChI=1S/C14H21N3O/c15-13(12-6-2-1-3-7-12)8-9-16-14(18)17-10-4-5-11-17/h1-3,6-7,13H,4-5,8-11,15H2,(H,16,18). The van der Waals surface area contributed by atoms with Crippen LogP contribution in [0.15, 0.2) is 30.3 Å². The fraction of sp³-hybridized carbons (Fsp3) is 0.500. The van der Waals surface area contributed by atoms with Gasteiger partial charge in [0.2, 0.25) is 0 Å². The number of carbonyl (C=O) groups excluding carboxylic acids is 1. The van der Waals surface area contributed by atoms with Crippen molar-refractivity contribution in [2.24, 2.45) is 5.73 Å². The predicted molar refractivity (Wildman–Crippen MR) is 72.2 cm³/mol. The maximum Gasteiger partial charge on any atom is 0.317 e. The van der Waals surface area contributed by atoms with Crippen molar-refractivity contribution in [3.63, 3.8) is 0 Å². The molecule has 0 radical (unpaired) electrons. The second kappa shape index (κ2) is 6.40. The van der Waals surface area contributed by atoms with E-state index in [-0.39, 0.29) is 12.1 Å². The van der Waals surface area contributed by atoms with Gasteiger partial charge in [0.15, 0.2) is 0 Å². The number of benzene rings is 1. The Bertz CT molecular complexity index is 374. The van der Waals surface area contributed by atoms with Gasteiger partial charge < -0.3 is 16.0 Å². The van der Waals surface area contributed by atoms with Gasteiger partial charge in [-0.15, -0.1) is 0 Å². The van der Waals surface area contributed by atoms with E-state index in [0.29, 0.717) is 6.54 Å². The highest BCUT2D eigenvalue weighted by Crippen LogP contribution is 2.12. The molecule has 0 bridgehead atoms. The highest BCUT2D eigenvalue weighted by Gasteiger charge is 2.17. The topological polar surface area (TPSA) is 58.4 Å². The molecule has 1 aromatic rings. The summed E-state index contributed by atoms with van der Waals surface area (Å²) in [7, 11) is 0. The molecule has 0 aliphatic carbocycles. The Labute approximate surface area is 108 Å². The van der Waals surface area contributed by atoms with Gasteiger partial charge in [-0.3, -0.25) is 0 Å². The van der Waals surface area contributed by atoms with E-state index < -0.39 is 0 Å². The second-order valence-electron chi connectivity index (χ2n) is 4.73. The molecule has 4 heteroatoms. The smallest absolute Gasteiger partial charge is 0.317 e. The molecule has 1 fully saturated rings. The van der Waals surface area contributed by atoms with Crippen molar-refractivity contribution < 1.29 is 4.79 Å². The van der Waals surface area contributed by atoms with Gasteiger partial charge in [-0.05, 0) is 24.8 Å². The molecule has 98 valence electrons. The molecular formula is C14H21N3O. The number of hydrogen-bond donors (Lipinski definition) is 2. The zero-order valence-corrected chi connectivity index (χ0v) is 10.6. The Kier molecular flexibility index (Phi) is 4.59. The van der Waals surface area contributed by atoms with Crippen molar-refractivity contribution >= 4 is 6.03 Å². The highest BCUT2D eigenvalue weighted by atomic mass is 16.2. The number of urea groups is 1. The lowest BCUT2D eigenvalue weighted by molar-refractivity contribution is 0.208. The molecule has 1 saturated heterocycles. The van der Waals surface area contributed by atoms with Crippen molar-refractivity contribution in [1.82, 2.24) is 10.2 Å². The van der Waals surface area contributed by atoms with Crippen LogP contribution in [0.25, 0.3) is 0 Å². The summed E-state index contributed by atoms with van der Waals surface area (Å²) in [4.78, 5) is 13.6. The molecule has 4 nitrogen and oxygen atoms in total. The second-order valence-corrected chi connectivity index (χ2v) is 4.73. The first-order valence-electron chi connectivity index (χ1n) is 6.60. The molecule has 1 atom stereocenters. The van der Waals surface area contributed by atoms with E-state index >= 15 is 0 Å². The number of hydrogen-bond acceptors (Lipinski definition) is 2. The molecule has 0 aromatic heterocycles. The van der Waals surface area contributed by atoms with Gasteiger partial charge in [0.25, 0.3) is 0 Å². The number of rotatable bonds is 4. The molecule has 1 aliphatic rings. The molecule has 1 aromatic carbocycles. The van der Waals surface area contributed by atoms with Crippen LogP contribution in [0.4, 0.5) is 4.79 Å². The Morgan fingerprint density at radius 1 is 1.28 bits per heavy atom. The summed E-state index contributed by atoms with van der Waals surface area (Å²) in [6.07, 6.45) is 3.01. The largest absolute Gasteiger partial charge is 0.338 e. The number of nitrogens with one attached hydrogen (secondary N) is 1. The van der Waals surface area contributed by atoms with Crippen LogP contribution >= 0.6 is 0 Å². The fourth-order valence-electron chi connectivity index (χ4n) is 2.23. The third-order valence-corrected chi connectivity index (χ3v) is 3.35. The molecule has 2 rings (SSSR count). The van der Waals surface area contributed by atoms with Gasteiger partial charge in [-0.25, -0.2) is 4.79 Å². The van der Waals surface area contributed by atoms with E-state index in [1.807, 2.05) is 35.2 Å². The molecule has 2 amide bonds. The van der Waals surface area contributed by atoms with E-state index in [4.69, 9.17) is 5.73 Å². The lowest BCUT2D eigenvalue weighted by atomic mass is 10.1. The monoisotopic (exact) mass is 247 g/mol. The average Bonchev–Trinajstić information content (AvgIpc) is 2.93. The molecule has 3 N–H and O–H groups in total. The summed E-state index contributed by atoms with van der Waals surface area (Å²) in [5, 5.41) is 2.93. The molecule has 1 unspecified atom stereocenters. The van der Waals surface area contributed by atoms with Crippen LogP contribution in [-0.4, -0.2) is 30.6 Å². The Morgan fingerprint density at radius 3 is 2.61 bits per heavy atom. The van der Waals surface area contributed by atoms with Gasteiger partial charge in [-0.1, -0.05) is 30.3 Å². The van der Waals surface area contributed by atoms with Crippen molar-refractivity contribution in [1.29, 1.82) is 0 Å². The Morgan fingerprint density at radius 2 is 1.94 bits per heavy atom. The van der Waals surface area contributed by atoms with Gasteiger partial charge in [-0.2, -0.15) is 0 Å². The minimum atomic E-state index is -0.00919. The Hall–Kier alpha value is -1.55. The van der Waals surface area contributed by atoms with Crippen LogP contribution < -0.4 is 11.1 Å². The number of carbonyl (C=O) groups is 1. The van der Waals surface area contributed by atoms with E-state index in [2.05, 4.69) is 5.32 Å². The van der Waals surface area contributed by atoms with Crippen LogP contribution in [0.3, 0.4) is 0 Å². The first kappa shape index (κ1) is 12.9. The molecule has 1 heterocycles. The summed E-state index contributed by atoms with van der Waals surface area (Å²) in [5.74, 6) is 0. The zero-order chi connectivity index (χ0) is 12.8. The van der Waals surface area contributed by atoms with Crippen LogP contribution in [0.2, 0.25) is 0 Å². The van der Waals surface area contributed by atoms with Crippen molar-refractivity contribution in [3.8, 4) is 0 Å². The minimum absolute atomic E-state index is 0.00919. The number of nitrogens with zero attached hydrogens (tertiary/aromatic N) is 1. The van der Waals surface area contributed by atoms with Crippen LogP contribution in [-0.2, 0) is 0 Å². The fourth-order valence-corrected chi connectivity index (χ4v) is 2.23. The van der Waals surface area contributed by atoms with Crippen LogP contribution in [0.5, 0.6) is 0 Å². The van der Waals surface area contributed by atoms with Crippen molar-refractivity contribution in [3.05, 3.63) is 35.9 Å². The Balaban J connectivity index is 1.70. The van der Waals surface area contributed by atoms with Crippen molar-refractivity contribution in [2.75, 3.05) is 19.6 Å². The summed E-state index contributed by atoms with van der Waals surface area (Å²) >= 11 is 0. The van der Waals surface area contributed by atoms with Gasteiger partial charge in [0.1, 0.15) is 0 Å². The quantitative estimate of drug-likeness (QED) is 0.853. The number of nitrogens with two attached hydrogens (primary N) is 1. The van der Waals surface area contributed by atoms with Crippen molar-refractivity contribution in [2.45, 2.75) is 25.3 Å². The SMILES string of the molecule is NC(CCNC(=O)N1CCCC1)c1ccccc1. The normalized spacial score (nSPS) is 16.6. The average molecular weight is 247 g/mol. The molecule has 18 heavy (non-hydrogen) atoms. The lowest BCUT2D eigenvalue weighted by Gasteiger charge is -2.17. The highest BCUT2D eigenvalue weighted by molar-refractivity contribution is 5.74. The first-order valence-corrected chi connectivity index (χ1v) is 6.60. The third kappa shape index (κ3) is 3.47. The van der Waals surface area contributed by atoms with Gasteiger partial charge >= 0.3 is 6.03 Å². The minimum Gasteiger partial charge on any atom is -0.338 e. The molecule has 1 aliphatic heterocycles. The summed E-state index contributed by atoms with van der Waals surface area (Å²) in [6.45, 7) is 2.40. The lowest BCUT2D eigenvalue weighted by Crippen LogP contribution is -2.39. The zero-order valence-electron chi connectivity index (χ0n) is 10.6. The summed E-state index contributed by atoms with van der Waals surface area (Å²) in [6, 6.07) is 10.0. The van der Waals surface area contributed by atoms with E-state index in [1.54, 1.807) is 0 Å².